The maximum atomic E-state index is 11.9. The number of aromatic nitrogens is 1. The number of nitrogens with zero attached hydrogens (tertiary/aromatic N) is 2. The van der Waals surface area contributed by atoms with Crippen LogP contribution in [-0.2, 0) is 4.79 Å². The molecule has 0 radical (unpaired) electrons. The second-order valence-corrected chi connectivity index (χ2v) is 6.03. The van der Waals surface area contributed by atoms with Crippen molar-refractivity contribution in [3.63, 3.8) is 0 Å². The molecule has 3 aromatic rings. The van der Waals surface area contributed by atoms with E-state index in [1.807, 2.05) is 51.1 Å². The van der Waals surface area contributed by atoms with Gasteiger partial charge in [-0.2, -0.15) is 0 Å². The summed E-state index contributed by atoms with van der Waals surface area (Å²) < 4.78 is 5.40. The molecule has 6 heteroatoms. The predicted molar refractivity (Wildman–Crippen MR) is 95.6 cm³/mol. The van der Waals surface area contributed by atoms with Crippen LogP contribution in [0.25, 0.3) is 10.9 Å². The van der Waals surface area contributed by atoms with Crippen LogP contribution in [0.1, 0.15) is 16.7 Å². The van der Waals surface area contributed by atoms with Crippen molar-refractivity contribution >= 4 is 22.5 Å². The third kappa shape index (κ3) is 3.68. The number of rotatable bonds is 4. The van der Waals surface area contributed by atoms with Crippen LogP contribution in [0.5, 0.6) is 11.6 Å². The fourth-order valence-corrected chi connectivity index (χ4v) is 2.71. The van der Waals surface area contributed by atoms with Gasteiger partial charge in [0.15, 0.2) is 12.3 Å². The van der Waals surface area contributed by atoms with Gasteiger partial charge >= 0.3 is 5.91 Å². The molecule has 1 heterocycles. The molecule has 0 bridgehead atoms. The molecule has 2 aromatic carbocycles. The van der Waals surface area contributed by atoms with Gasteiger partial charge in [0.1, 0.15) is 5.75 Å². The van der Waals surface area contributed by atoms with Gasteiger partial charge in [0, 0.05) is 5.39 Å². The third-order valence-corrected chi connectivity index (χ3v) is 3.82. The van der Waals surface area contributed by atoms with Gasteiger partial charge in [0.05, 0.1) is 5.52 Å². The molecule has 0 fully saturated rings. The summed E-state index contributed by atoms with van der Waals surface area (Å²) >= 11 is 0. The smallest absolute Gasteiger partial charge is 0.302 e. The Hall–Kier alpha value is -3.15. The summed E-state index contributed by atoms with van der Waals surface area (Å²) in [7, 11) is 0. The van der Waals surface area contributed by atoms with Gasteiger partial charge in [-0.25, -0.2) is 0 Å². The van der Waals surface area contributed by atoms with Crippen LogP contribution in [0, 0.1) is 20.8 Å². The van der Waals surface area contributed by atoms with Crippen molar-refractivity contribution < 1.29 is 14.6 Å². The maximum absolute atomic E-state index is 11.9. The van der Waals surface area contributed by atoms with Gasteiger partial charge in [0.25, 0.3) is 0 Å². The molecule has 128 valence electrons. The molecule has 0 saturated carbocycles. The van der Waals surface area contributed by atoms with E-state index in [4.69, 9.17) is 4.74 Å². The minimum absolute atomic E-state index is 0.111. The topological polar surface area (TPSA) is 87.0 Å². The highest BCUT2D eigenvalue weighted by Gasteiger charge is 2.13. The van der Waals surface area contributed by atoms with E-state index < -0.39 is 5.91 Å². The van der Waals surface area contributed by atoms with Crippen LogP contribution in [0.3, 0.4) is 0 Å². The number of amides is 1. The highest BCUT2D eigenvalue weighted by molar-refractivity contribution is 5.96. The molecule has 1 amide bonds. The van der Waals surface area contributed by atoms with Gasteiger partial charge in [-0.1, -0.05) is 23.8 Å². The minimum atomic E-state index is -0.528. The molecule has 1 aromatic heterocycles. The number of H-pyrrole nitrogens is 1. The van der Waals surface area contributed by atoms with Gasteiger partial charge in [-0.15, -0.1) is 10.2 Å². The van der Waals surface area contributed by atoms with Crippen molar-refractivity contribution in [2.24, 2.45) is 10.2 Å². The average molecular weight is 337 g/mol. The molecule has 25 heavy (non-hydrogen) atoms. The first-order valence-corrected chi connectivity index (χ1v) is 7.90. The quantitative estimate of drug-likeness (QED) is 0.688. The van der Waals surface area contributed by atoms with E-state index in [1.54, 1.807) is 6.07 Å². The molecular formula is C19H19N3O3. The Bertz CT molecular complexity index is 973. The Kier molecular flexibility index (Phi) is 4.52. The number of aromatic hydroxyl groups is 1. The summed E-state index contributed by atoms with van der Waals surface area (Å²) in [4.78, 5) is 14.8. The number of aryl methyl sites for hydroxylation is 3. The summed E-state index contributed by atoms with van der Waals surface area (Å²) in [5.74, 6) is -0.0378. The van der Waals surface area contributed by atoms with Gasteiger partial charge in [0.2, 0.25) is 5.88 Å². The third-order valence-electron chi connectivity index (χ3n) is 3.82. The Morgan fingerprint density at radius 2 is 1.96 bits per heavy atom. The lowest BCUT2D eigenvalue weighted by Crippen LogP contribution is -2.07. The zero-order valence-corrected chi connectivity index (χ0v) is 14.3. The number of azo groups is 1. The van der Waals surface area contributed by atoms with Gasteiger partial charge in [-0.05, 0) is 50.1 Å². The zero-order chi connectivity index (χ0) is 18.0. The van der Waals surface area contributed by atoms with Crippen LogP contribution in [-0.4, -0.2) is 22.6 Å². The first kappa shape index (κ1) is 16.7. The molecule has 6 nitrogen and oxygen atoms in total. The average Bonchev–Trinajstić information content (AvgIpc) is 2.87. The SMILES string of the molecule is Cc1cccc(OCC(=O)N=Nc2c(O)[nH]c3c(C)cc(C)cc23)c1. The van der Waals surface area contributed by atoms with Gasteiger partial charge < -0.3 is 14.8 Å². The zero-order valence-electron chi connectivity index (χ0n) is 14.3. The van der Waals surface area contributed by atoms with E-state index in [0.29, 0.717) is 5.75 Å². The van der Waals surface area contributed by atoms with E-state index in [9.17, 15) is 9.90 Å². The fourth-order valence-electron chi connectivity index (χ4n) is 2.71. The molecule has 0 aliphatic rings. The van der Waals surface area contributed by atoms with Crippen LogP contribution in [0.2, 0.25) is 0 Å². The number of benzene rings is 2. The second-order valence-electron chi connectivity index (χ2n) is 6.03. The molecule has 2 N–H and O–H groups in total. The normalized spacial score (nSPS) is 11.3. The Morgan fingerprint density at radius 1 is 1.16 bits per heavy atom. The summed E-state index contributed by atoms with van der Waals surface area (Å²) in [6, 6.07) is 11.3. The Balaban J connectivity index is 1.76. The largest absolute Gasteiger partial charge is 0.493 e. The Labute approximate surface area is 145 Å². The number of carbonyl (C=O) groups is 1. The lowest BCUT2D eigenvalue weighted by Gasteiger charge is -2.03. The van der Waals surface area contributed by atoms with Crippen LogP contribution in [0.4, 0.5) is 5.69 Å². The monoisotopic (exact) mass is 337 g/mol. The maximum Gasteiger partial charge on any atom is 0.302 e. The van der Waals surface area contributed by atoms with Crippen LogP contribution in [0.15, 0.2) is 46.6 Å². The standard InChI is InChI=1S/C19H19N3O3/c1-11-5-4-6-14(8-11)25-10-16(23)21-22-18-15-9-12(2)7-13(3)17(15)20-19(18)24/h4-9,20,24H,10H2,1-3H3. The molecule has 3 rings (SSSR count). The second kappa shape index (κ2) is 6.76. The summed E-state index contributed by atoms with van der Waals surface area (Å²) in [6.45, 7) is 5.62. The molecule has 0 spiro atoms. The predicted octanol–water partition coefficient (Wildman–Crippen LogP) is 4.49. The summed E-state index contributed by atoms with van der Waals surface area (Å²) in [6.07, 6.45) is 0. The first-order valence-electron chi connectivity index (χ1n) is 7.90. The summed E-state index contributed by atoms with van der Waals surface area (Å²) in [5.41, 5.74) is 4.10. The van der Waals surface area contributed by atoms with Crippen molar-refractivity contribution in [3.8, 4) is 11.6 Å². The minimum Gasteiger partial charge on any atom is -0.493 e. The lowest BCUT2D eigenvalue weighted by molar-refractivity contribution is -0.120. The number of hydrogen-bond acceptors (Lipinski definition) is 4. The summed E-state index contributed by atoms with van der Waals surface area (Å²) in [5, 5.41) is 18.4. The highest BCUT2D eigenvalue weighted by atomic mass is 16.5. The fraction of sp³-hybridized carbons (Fsp3) is 0.211. The number of ether oxygens (including phenoxy) is 1. The number of fused-ring (bicyclic) bond motifs is 1. The van der Waals surface area contributed by atoms with Crippen molar-refractivity contribution in [1.82, 2.24) is 4.98 Å². The number of hydrogen-bond donors (Lipinski definition) is 2. The number of carbonyl (C=O) groups excluding carboxylic acids is 1. The van der Waals surface area contributed by atoms with E-state index in [2.05, 4.69) is 15.2 Å². The molecule has 0 aliphatic carbocycles. The van der Waals surface area contributed by atoms with E-state index in [-0.39, 0.29) is 18.2 Å². The molecule has 0 aliphatic heterocycles. The first-order chi connectivity index (χ1) is 11.9. The van der Waals surface area contributed by atoms with Crippen molar-refractivity contribution in [1.29, 1.82) is 0 Å². The van der Waals surface area contributed by atoms with Crippen molar-refractivity contribution in [2.75, 3.05) is 6.61 Å². The number of nitrogens with one attached hydrogen (secondary N) is 1. The van der Waals surface area contributed by atoms with E-state index in [1.165, 1.54) is 0 Å². The van der Waals surface area contributed by atoms with E-state index in [0.717, 1.165) is 27.6 Å². The molecular weight excluding hydrogens is 318 g/mol. The van der Waals surface area contributed by atoms with E-state index >= 15 is 0 Å². The molecule has 0 unspecified atom stereocenters. The number of aromatic amines is 1. The Morgan fingerprint density at radius 3 is 2.72 bits per heavy atom. The molecule has 0 atom stereocenters. The lowest BCUT2D eigenvalue weighted by atomic mass is 10.1. The highest BCUT2D eigenvalue weighted by Crippen LogP contribution is 2.37. The van der Waals surface area contributed by atoms with Gasteiger partial charge in [-0.3, -0.25) is 4.79 Å². The van der Waals surface area contributed by atoms with Crippen molar-refractivity contribution in [3.05, 3.63) is 53.1 Å². The van der Waals surface area contributed by atoms with Crippen molar-refractivity contribution in [2.45, 2.75) is 20.8 Å². The molecule has 0 saturated heterocycles. The van der Waals surface area contributed by atoms with Crippen LogP contribution < -0.4 is 4.74 Å². The van der Waals surface area contributed by atoms with Crippen LogP contribution >= 0.6 is 0 Å².